The van der Waals surface area contributed by atoms with Crippen LogP contribution < -0.4 is 16.0 Å². The number of rotatable bonds is 2. The van der Waals surface area contributed by atoms with Crippen molar-refractivity contribution < 1.29 is 33.4 Å². The SMILES string of the molecule is CC(C)(C)OC(=O)N[C@H]1CCCOC(=O)NCCCC[C@@H](C=O)NC(=O)[C@@H]2CCCN2C1=O. The maximum atomic E-state index is 13.3. The van der Waals surface area contributed by atoms with Gasteiger partial charge in [0, 0.05) is 13.1 Å². The fraction of sp³-hybridized carbons (Fsp3) is 0.773. The predicted octanol–water partition coefficient (Wildman–Crippen LogP) is 1.24. The highest BCUT2D eigenvalue weighted by molar-refractivity contribution is 5.92. The topological polar surface area (TPSA) is 143 Å². The second-order valence-electron chi connectivity index (χ2n) is 9.34. The third-order valence-corrected chi connectivity index (χ3v) is 5.40. The number of amides is 4. The number of alkyl carbamates (subject to hydrolysis) is 2. The highest BCUT2D eigenvalue weighted by atomic mass is 16.6. The third-order valence-electron chi connectivity index (χ3n) is 5.40. The van der Waals surface area contributed by atoms with Crippen LogP contribution in [0.15, 0.2) is 0 Å². The van der Waals surface area contributed by atoms with Crippen LogP contribution in [0.25, 0.3) is 0 Å². The van der Waals surface area contributed by atoms with Gasteiger partial charge in [0.2, 0.25) is 11.8 Å². The van der Waals surface area contributed by atoms with Gasteiger partial charge in [-0.1, -0.05) is 0 Å². The Labute approximate surface area is 194 Å². The maximum absolute atomic E-state index is 13.3. The molecule has 2 fully saturated rings. The van der Waals surface area contributed by atoms with E-state index in [4.69, 9.17) is 9.47 Å². The Morgan fingerprint density at radius 2 is 1.88 bits per heavy atom. The zero-order chi connectivity index (χ0) is 24.4. The molecule has 0 aromatic heterocycles. The molecule has 0 aromatic carbocycles. The average molecular weight is 469 g/mol. The van der Waals surface area contributed by atoms with Gasteiger partial charge in [-0.2, -0.15) is 0 Å². The smallest absolute Gasteiger partial charge is 0.408 e. The fourth-order valence-corrected chi connectivity index (χ4v) is 3.85. The number of nitrogens with zero attached hydrogens (tertiary/aromatic N) is 1. The van der Waals surface area contributed by atoms with Gasteiger partial charge in [0.1, 0.15) is 24.0 Å². The summed E-state index contributed by atoms with van der Waals surface area (Å²) in [5.74, 6) is -0.787. The Morgan fingerprint density at radius 3 is 2.58 bits per heavy atom. The summed E-state index contributed by atoms with van der Waals surface area (Å²) < 4.78 is 10.4. The minimum Gasteiger partial charge on any atom is -0.450 e. The molecule has 0 unspecified atom stereocenters. The van der Waals surface area contributed by atoms with Crippen LogP contribution >= 0.6 is 0 Å². The van der Waals surface area contributed by atoms with Crippen LogP contribution in [-0.2, 0) is 23.9 Å². The molecule has 11 nitrogen and oxygen atoms in total. The van der Waals surface area contributed by atoms with Crippen molar-refractivity contribution in [1.29, 1.82) is 0 Å². The number of fused-ring (bicyclic) bond motifs is 1. The van der Waals surface area contributed by atoms with Crippen LogP contribution in [-0.4, -0.2) is 78.6 Å². The lowest BCUT2D eigenvalue weighted by atomic mass is 10.1. The first-order valence-electron chi connectivity index (χ1n) is 11.6. The molecule has 3 N–H and O–H groups in total. The molecule has 3 atom stereocenters. The summed E-state index contributed by atoms with van der Waals surface area (Å²) in [5.41, 5.74) is -0.745. The molecule has 0 bridgehead atoms. The van der Waals surface area contributed by atoms with E-state index in [0.717, 1.165) is 0 Å². The molecule has 2 aliphatic rings. The Hall–Kier alpha value is -2.85. The van der Waals surface area contributed by atoms with Crippen molar-refractivity contribution in [3.8, 4) is 0 Å². The standard InChI is InChI=1S/C22H36N4O7/c1-22(2,3)33-21(31)25-16-9-7-13-32-20(30)23-11-5-4-8-15(14-27)24-18(28)17-10-6-12-26(17)19(16)29/h14-17H,4-13H2,1-3H3,(H,23,30)(H,24,28)(H,25,31)/t15-,16-,17-/m0/s1. The Kier molecular flexibility index (Phi) is 9.93. The van der Waals surface area contributed by atoms with E-state index in [1.165, 1.54) is 4.90 Å². The lowest BCUT2D eigenvalue weighted by Gasteiger charge is -2.30. The Morgan fingerprint density at radius 1 is 1.12 bits per heavy atom. The van der Waals surface area contributed by atoms with Gasteiger partial charge in [-0.3, -0.25) is 9.59 Å². The molecule has 186 valence electrons. The zero-order valence-electron chi connectivity index (χ0n) is 19.7. The second kappa shape index (κ2) is 12.4. The Bertz CT molecular complexity index is 722. The number of aldehydes is 1. The first-order valence-corrected chi connectivity index (χ1v) is 11.6. The van der Waals surface area contributed by atoms with E-state index in [-0.39, 0.29) is 18.9 Å². The molecule has 2 rings (SSSR count). The van der Waals surface area contributed by atoms with Gasteiger partial charge in [-0.15, -0.1) is 0 Å². The summed E-state index contributed by atoms with van der Waals surface area (Å²) in [6.07, 6.45) is 2.70. The summed E-state index contributed by atoms with van der Waals surface area (Å²) in [6.45, 7) is 5.97. The normalized spacial score (nSPS) is 26.2. The van der Waals surface area contributed by atoms with Gasteiger partial charge in [0.25, 0.3) is 0 Å². The van der Waals surface area contributed by atoms with Crippen molar-refractivity contribution in [2.45, 2.75) is 89.4 Å². The quantitative estimate of drug-likeness (QED) is 0.518. The second-order valence-corrected chi connectivity index (χ2v) is 9.34. The average Bonchev–Trinajstić information content (AvgIpc) is 3.22. The van der Waals surface area contributed by atoms with Gasteiger partial charge < -0.3 is 35.1 Å². The van der Waals surface area contributed by atoms with Crippen LogP contribution in [0.3, 0.4) is 0 Å². The lowest BCUT2D eigenvalue weighted by molar-refractivity contribution is -0.140. The number of carbonyl (C=O) groups excluding carboxylic acids is 5. The first kappa shape index (κ1) is 26.4. The largest absolute Gasteiger partial charge is 0.450 e. The van der Waals surface area contributed by atoms with Crippen LogP contribution in [0.5, 0.6) is 0 Å². The van der Waals surface area contributed by atoms with Crippen LogP contribution in [0.4, 0.5) is 9.59 Å². The minimum atomic E-state index is -0.947. The van der Waals surface area contributed by atoms with Gasteiger partial charge in [-0.25, -0.2) is 9.59 Å². The van der Waals surface area contributed by atoms with Gasteiger partial charge in [-0.05, 0) is 65.7 Å². The number of ether oxygens (including phenoxy) is 2. The fourth-order valence-electron chi connectivity index (χ4n) is 3.85. The van der Waals surface area contributed by atoms with Gasteiger partial charge in [0.15, 0.2) is 0 Å². The number of nitrogens with one attached hydrogen (secondary N) is 3. The summed E-state index contributed by atoms with van der Waals surface area (Å²) in [6, 6.07) is -2.33. The molecule has 0 saturated carbocycles. The highest BCUT2D eigenvalue weighted by Crippen LogP contribution is 2.20. The van der Waals surface area contributed by atoms with Crippen molar-refractivity contribution >= 4 is 30.3 Å². The van der Waals surface area contributed by atoms with Crippen LogP contribution in [0.2, 0.25) is 0 Å². The molecule has 0 aliphatic carbocycles. The summed E-state index contributed by atoms with van der Waals surface area (Å²) in [7, 11) is 0. The molecular formula is C22H36N4O7. The minimum absolute atomic E-state index is 0.0722. The number of hydrogen-bond donors (Lipinski definition) is 3. The zero-order valence-corrected chi connectivity index (χ0v) is 19.7. The lowest BCUT2D eigenvalue weighted by Crippen LogP contribution is -2.55. The van der Waals surface area contributed by atoms with Crippen molar-refractivity contribution in [2.24, 2.45) is 0 Å². The summed E-state index contributed by atoms with van der Waals surface area (Å²) in [4.78, 5) is 63.2. The molecule has 33 heavy (non-hydrogen) atoms. The maximum Gasteiger partial charge on any atom is 0.408 e. The monoisotopic (exact) mass is 468 g/mol. The van der Waals surface area contributed by atoms with Gasteiger partial charge >= 0.3 is 12.2 Å². The molecule has 0 aromatic rings. The van der Waals surface area contributed by atoms with E-state index in [9.17, 15) is 24.0 Å². The molecular weight excluding hydrogens is 432 g/mol. The van der Waals surface area contributed by atoms with Crippen LogP contribution in [0.1, 0.15) is 65.7 Å². The van der Waals surface area contributed by atoms with E-state index in [0.29, 0.717) is 57.9 Å². The predicted molar refractivity (Wildman–Crippen MR) is 118 cm³/mol. The molecule has 2 aliphatic heterocycles. The molecule has 2 heterocycles. The first-order chi connectivity index (χ1) is 15.6. The van der Waals surface area contributed by atoms with Crippen LogP contribution in [0, 0.1) is 0 Å². The summed E-state index contributed by atoms with van der Waals surface area (Å²) >= 11 is 0. The van der Waals surface area contributed by atoms with E-state index >= 15 is 0 Å². The molecule has 0 spiro atoms. The molecule has 2 saturated heterocycles. The van der Waals surface area contributed by atoms with Crippen molar-refractivity contribution in [3.05, 3.63) is 0 Å². The summed E-state index contributed by atoms with van der Waals surface area (Å²) in [5, 5.41) is 7.95. The van der Waals surface area contributed by atoms with Crippen molar-refractivity contribution in [2.75, 3.05) is 19.7 Å². The van der Waals surface area contributed by atoms with Crippen molar-refractivity contribution in [3.63, 3.8) is 0 Å². The van der Waals surface area contributed by atoms with E-state index in [2.05, 4.69) is 16.0 Å². The van der Waals surface area contributed by atoms with E-state index in [1.807, 2.05) is 0 Å². The van der Waals surface area contributed by atoms with Crippen molar-refractivity contribution in [1.82, 2.24) is 20.9 Å². The highest BCUT2D eigenvalue weighted by Gasteiger charge is 2.38. The molecule has 11 heteroatoms. The number of hydrogen-bond acceptors (Lipinski definition) is 7. The number of cyclic esters (lactones) is 1. The molecule has 0 radical (unpaired) electrons. The van der Waals surface area contributed by atoms with E-state index in [1.54, 1.807) is 20.8 Å². The molecule has 4 amide bonds. The van der Waals surface area contributed by atoms with Gasteiger partial charge in [0.05, 0.1) is 12.6 Å². The van der Waals surface area contributed by atoms with E-state index < -0.39 is 41.8 Å². The number of carbonyl (C=O) groups is 5. The Balaban J connectivity index is 2.18. The third kappa shape index (κ3) is 8.89.